The van der Waals surface area contributed by atoms with Gasteiger partial charge in [0.2, 0.25) is 0 Å². The summed E-state index contributed by atoms with van der Waals surface area (Å²) < 4.78 is 14.1. The van der Waals surface area contributed by atoms with E-state index >= 15 is 0 Å². The van der Waals surface area contributed by atoms with Crippen LogP contribution in [-0.2, 0) is 0 Å². The van der Waals surface area contributed by atoms with Crippen molar-refractivity contribution in [2.45, 2.75) is 24.5 Å². The van der Waals surface area contributed by atoms with Crippen LogP contribution in [-0.4, -0.2) is 22.6 Å². The molecule has 0 aliphatic carbocycles. The Balaban J connectivity index is 1.59. The maximum atomic E-state index is 14.1. The largest absolute Gasteiger partial charge is 0.308 e. The fourth-order valence-electron chi connectivity index (χ4n) is 3.55. The quantitative estimate of drug-likeness (QED) is 0.784. The van der Waals surface area contributed by atoms with Gasteiger partial charge >= 0.3 is 0 Å². The molecule has 0 saturated carbocycles. The molecular weight excluding hydrogens is 281 g/mol. The number of benzene rings is 1. The highest BCUT2D eigenvalue weighted by Crippen LogP contribution is 2.38. The molecule has 0 bridgehead atoms. The Bertz CT molecular complexity index is 650. The van der Waals surface area contributed by atoms with Gasteiger partial charge in [-0.3, -0.25) is 5.43 Å². The lowest BCUT2D eigenvalue weighted by atomic mass is 9.80. The van der Waals surface area contributed by atoms with Crippen LogP contribution in [0.4, 0.5) is 4.39 Å². The van der Waals surface area contributed by atoms with E-state index in [-0.39, 0.29) is 17.9 Å². The summed E-state index contributed by atoms with van der Waals surface area (Å²) in [4.78, 5) is 8.19. The van der Waals surface area contributed by atoms with Crippen LogP contribution in [0.25, 0.3) is 0 Å². The third-order valence-electron chi connectivity index (χ3n) is 4.68. The summed E-state index contributed by atoms with van der Waals surface area (Å²) in [6.07, 6.45) is 6.14. The van der Waals surface area contributed by atoms with Gasteiger partial charge in [-0.25, -0.2) is 19.8 Å². The normalized spacial score (nSPS) is 31.0. The third kappa shape index (κ3) is 2.39. The smallest absolute Gasteiger partial charge is 0.128 e. The number of nitrogens with zero attached hydrogens (tertiary/aromatic N) is 2. The van der Waals surface area contributed by atoms with Crippen molar-refractivity contribution in [3.05, 3.63) is 59.9 Å². The van der Waals surface area contributed by atoms with Gasteiger partial charge in [0.25, 0.3) is 0 Å². The number of piperidine rings is 1. The van der Waals surface area contributed by atoms with Crippen molar-refractivity contribution < 1.29 is 4.39 Å². The van der Waals surface area contributed by atoms with Crippen molar-refractivity contribution >= 4 is 0 Å². The Morgan fingerprint density at radius 2 is 1.91 bits per heavy atom. The summed E-state index contributed by atoms with van der Waals surface area (Å²) in [5, 5.41) is 3.52. The standard InChI is InChI=1S/C16H18FN5/c17-13-4-2-1-3-11(13)16-12-5-14(10-6-18-9-19-7-10)20-8-15(12)21-22-16/h1-4,6-7,9,12,14-16,20-22H,5,8H2. The first-order chi connectivity index (χ1) is 10.8. The number of fused-ring (bicyclic) bond motifs is 1. The zero-order valence-electron chi connectivity index (χ0n) is 12.0. The van der Waals surface area contributed by atoms with Crippen molar-refractivity contribution in [3.8, 4) is 0 Å². The van der Waals surface area contributed by atoms with E-state index in [0.717, 1.165) is 24.1 Å². The molecule has 3 heterocycles. The van der Waals surface area contributed by atoms with Gasteiger partial charge in [-0.2, -0.15) is 0 Å². The highest BCUT2D eigenvalue weighted by atomic mass is 19.1. The first-order valence-electron chi connectivity index (χ1n) is 7.56. The number of rotatable bonds is 2. The highest BCUT2D eigenvalue weighted by molar-refractivity contribution is 5.25. The second-order valence-electron chi connectivity index (χ2n) is 5.93. The number of hydrogen-bond acceptors (Lipinski definition) is 5. The number of aromatic nitrogens is 2. The zero-order valence-corrected chi connectivity index (χ0v) is 12.0. The van der Waals surface area contributed by atoms with Crippen molar-refractivity contribution in [1.29, 1.82) is 0 Å². The van der Waals surface area contributed by atoms with E-state index in [0.29, 0.717) is 12.0 Å². The van der Waals surface area contributed by atoms with Gasteiger partial charge in [0.15, 0.2) is 0 Å². The molecule has 0 radical (unpaired) electrons. The van der Waals surface area contributed by atoms with Crippen molar-refractivity contribution in [2.24, 2.45) is 5.92 Å². The van der Waals surface area contributed by atoms with Gasteiger partial charge in [0.05, 0.1) is 6.04 Å². The van der Waals surface area contributed by atoms with Crippen LogP contribution < -0.4 is 16.2 Å². The van der Waals surface area contributed by atoms with E-state index in [1.807, 2.05) is 24.5 Å². The predicted octanol–water partition coefficient (Wildman–Crippen LogP) is 1.48. The van der Waals surface area contributed by atoms with Gasteiger partial charge in [-0.05, 0) is 18.4 Å². The molecule has 2 aliphatic rings. The molecule has 2 aromatic rings. The topological polar surface area (TPSA) is 61.9 Å². The molecule has 1 aromatic heterocycles. The van der Waals surface area contributed by atoms with Crippen molar-refractivity contribution in [2.75, 3.05) is 6.54 Å². The summed E-state index contributed by atoms with van der Waals surface area (Å²) in [7, 11) is 0. The molecular formula is C16H18FN5. The Hall–Kier alpha value is -1.89. The Kier molecular flexibility index (Phi) is 3.57. The monoisotopic (exact) mass is 299 g/mol. The van der Waals surface area contributed by atoms with Crippen LogP contribution in [0, 0.1) is 11.7 Å². The number of hydrazine groups is 1. The fraction of sp³-hybridized carbons (Fsp3) is 0.375. The van der Waals surface area contributed by atoms with E-state index in [9.17, 15) is 4.39 Å². The molecule has 4 unspecified atom stereocenters. The molecule has 5 nitrogen and oxygen atoms in total. The average molecular weight is 299 g/mol. The predicted molar refractivity (Wildman–Crippen MR) is 80.1 cm³/mol. The molecule has 3 N–H and O–H groups in total. The van der Waals surface area contributed by atoms with Gasteiger partial charge in [0.1, 0.15) is 12.1 Å². The van der Waals surface area contributed by atoms with Gasteiger partial charge in [-0.1, -0.05) is 18.2 Å². The molecule has 114 valence electrons. The second kappa shape index (κ2) is 5.72. The Labute approximate surface area is 128 Å². The molecule has 4 rings (SSSR count). The summed E-state index contributed by atoms with van der Waals surface area (Å²) in [5.41, 5.74) is 8.38. The molecule has 22 heavy (non-hydrogen) atoms. The molecule has 1 aromatic carbocycles. The average Bonchev–Trinajstić information content (AvgIpc) is 2.99. The highest BCUT2D eigenvalue weighted by Gasteiger charge is 2.42. The minimum absolute atomic E-state index is 0.0135. The molecule has 2 fully saturated rings. The van der Waals surface area contributed by atoms with Gasteiger partial charge in [0, 0.05) is 42.1 Å². The van der Waals surface area contributed by atoms with Crippen molar-refractivity contribution in [1.82, 2.24) is 26.1 Å². The number of hydrogen-bond donors (Lipinski definition) is 3. The third-order valence-corrected chi connectivity index (χ3v) is 4.68. The lowest BCUT2D eigenvalue weighted by Crippen LogP contribution is -2.46. The number of nitrogens with one attached hydrogen (secondary N) is 3. The van der Waals surface area contributed by atoms with Crippen molar-refractivity contribution in [3.63, 3.8) is 0 Å². The SMILES string of the molecule is Fc1ccccc1C1NNC2CNC(c3cncnc3)CC21. The van der Waals surface area contributed by atoms with E-state index in [1.165, 1.54) is 12.4 Å². The molecule has 0 amide bonds. The summed E-state index contributed by atoms with van der Waals surface area (Å²) in [6.45, 7) is 0.835. The van der Waals surface area contributed by atoms with E-state index in [1.54, 1.807) is 6.07 Å². The van der Waals surface area contributed by atoms with E-state index in [4.69, 9.17) is 0 Å². The zero-order chi connectivity index (χ0) is 14.9. The molecule has 2 aliphatic heterocycles. The molecule has 0 spiro atoms. The summed E-state index contributed by atoms with van der Waals surface area (Å²) in [5.74, 6) is 0.170. The van der Waals surface area contributed by atoms with Crippen LogP contribution in [0.2, 0.25) is 0 Å². The van der Waals surface area contributed by atoms with Crippen LogP contribution in [0.3, 0.4) is 0 Å². The second-order valence-corrected chi connectivity index (χ2v) is 5.93. The first-order valence-corrected chi connectivity index (χ1v) is 7.56. The molecule has 4 atom stereocenters. The summed E-state index contributed by atoms with van der Waals surface area (Å²) >= 11 is 0. The van der Waals surface area contributed by atoms with Gasteiger partial charge in [-0.15, -0.1) is 0 Å². The minimum Gasteiger partial charge on any atom is -0.308 e. The van der Waals surface area contributed by atoms with Crippen LogP contribution in [0.5, 0.6) is 0 Å². The lowest BCUT2D eigenvalue weighted by molar-refractivity contribution is 0.264. The Morgan fingerprint density at radius 3 is 2.73 bits per heavy atom. The van der Waals surface area contributed by atoms with Crippen LogP contribution >= 0.6 is 0 Å². The van der Waals surface area contributed by atoms with Crippen LogP contribution in [0.1, 0.15) is 29.6 Å². The summed E-state index contributed by atoms with van der Waals surface area (Å²) in [6, 6.07) is 7.49. The fourth-order valence-corrected chi connectivity index (χ4v) is 3.55. The maximum absolute atomic E-state index is 14.1. The van der Waals surface area contributed by atoms with Crippen LogP contribution in [0.15, 0.2) is 43.0 Å². The van der Waals surface area contributed by atoms with E-state index in [2.05, 4.69) is 26.1 Å². The number of halogens is 1. The van der Waals surface area contributed by atoms with E-state index < -0.39 is 0 Å². The minimum atomic E-state index is -0.152. The first kappa shape index (κ1) is 13.8. The molecule has 6 heteroatoms. The van der Waals surface area contributed by atoms with Gasteiger partial charge < -0.3 is 5.32 Å². The Morgan fingerprint density at radius 1 is 1.09 bits per heavy atom. The molecule has 2 saturated heterocycles. The lowest BCUT2D eigenvalue weighted by Gasteiger charge is -2.34. The maximum Gasteiger partial charge on any atom is 0.128 e.